The highest BCUT2D eigenvalue weighted by Gasteiger charge is 2.25. The number of hydrogen-bond donors (Lipinski definition) is 2. The van der Waals surface area contributed by atoms with Crippen LogP contribution in [0.1, 0.15) is 17.3 Å². The van der Waals surface area contributed by atoms with E-state index in [2.05, 4.69) is 9.88 Å². The van der Waals surface area contributed by atoms with E-state index in [0.29, 0.717) is 25.2 Å². The van der Waals surface area contributed by atoms with Gasteiger partial charge >= 0.3 is 0 Å². The summed E-state index contributed by atoms with van der Waals surface area (Å²) in [5.74, 6) is 0.775. The van der Waals surface area contributed by atoms with Crippen LogP contribution in [-0.4, -0.2) is 71.7 Å². The van der Waals surface area contributed by atoms with Crippen LogP contribution in [0.15, 0.2) is 36.7 Å². The lowest BCUT2D eigenvalue weighted by molar-refractivity contribution is 0.0555. The third-order valence-electron chi connectivity index (χ3n) is 4.55. The Morgan fingerprint density at radius 2 is 1.92 bits per heavy atom. The zero-order chi connectivity index (χ0) is 17.8. The van der Waals surface area contributed by atoms with Crippen LogP contribution in [0, 0.1) is 0 Å². The summed E-state index contributed by atoms with van der Waals surface area (Å²) in [7, 11) is 1.63. The number of H-pyrrole nitrogens is 1. The van der Waals surface area contributed by atoms with E-state index in [-0.39, 0.29) is 12.0 Å². The first-order valence-electron chi connectivity index (χ1n) is 8.60. The Kier molecular flexibility index (Phi) is 5.40. The van der Waals surface area contributed by atoms with Gasteiger partial charge in [-0.2, -0.15) is 0 Å². The molecular weight excluding hydrogens is 318 g/mol. The van der Waals surface area contributed by atoms with Crippen LogP contribution in [0.5, 0.6) is 5.75 Å². The van der Waals surface area contributed by atoms with Crippen LogP contribution in [0.4, 0.5) is 0 Å². The predicted molar refractivity (Wildman–Crippen MR) is 96.8 cm³/mol. The predicted octanol–water partition coefficient (Wildman–Crippen LogP) is 1.83. The normalized spacial score (nSPS) is 16.7. The highest BCUT2D eigenvalue weighted by Crippen LogP contribution is 2.32. The summed E-state index contributed by atoms with van der Waals surface area (Å²) in [5, 5.41) is 9.50. The average molecular weight is 343 g/mol. The number of aromatic amines is 1. The standard InChI is InChI=1S/C19H25N3O3/c1-14(23)13-21-7-9-22(10-8-21)19(24)17-12-20-11-16(17)15-5-3-4-6-18(15)25-2/h3-6,11-12,14,20,23H,7-10,13H2,1-2H3. The number of carbonyl (C=O) groups is 1. The minimum absolute atomic E-state index is 0.0267. The molecule has 1 amide bonds. The molecule has 1 unspecified atom stereocenters. The second-order valence-corrected chi connectivity index (χ2v) is 6.42. The number of benzene rings is 1. The number of ether oxygens (including phenoxy) is 1. The summed E-state index contributed by atoms with van der Waals surface area (Å²) >= 11 is 0. The van der Waals surface area contributed by atoms with Crippen LogP contribution in [-0.2, 0) is 0 Å². The number of carbonyl (C=O) groups excluding carboxylic acids is 1. The SMILES string of the molecule is COc1ccccc1-c1c[nH]cc1C(=O)N1CCN(CC(C)O)CC1. The molecule has 0 radical (unpaired) electrons. The monoisotopic (exact) mass is 343 g/mol. The van der Waals surface area contributed by atoms with Crippen molar-refractivity contribution in [2.45, 2.75) is 13.0 Å². The average Bonchev–Trinajstić information content (AvgIpc) is 3.10. The van der Waals surface area contributed by atoms with Crippen molar-refractivity contribution in [2.24, 2.45) is 0 Å². The molecule has 1 atom stereocenters. The van der Waals surface area contributed by atoms with Gasteiger partial charge in [-0.15, -0.1) is 0 Å². The third kappa shape index (κ3) is 3.86. The minimum Gasteiger partial charge on any atom is -0.496 e. The number of rotatable bonds is 5. The number of methoxy groups -OCH3 is 1. The van der Waals surface area contributed by atoms with E-state index >= 15 is 0 Å². The Labute approximate surface area is 148 Å². The van der Waals surface area contributed by atoms with E-state index in [0.717, 1.165) is 30.0 Å². The number of amides is 1. The van der Waals surface area contributed by atoms with Gasteiger partial charge < -0.3 is 19.7 Å². The van der Waals surface area contributed by atoms with Crippen molar-refractivity contribution >= 4 is 5.91 Å². The second-order valence-electron chi connectivity index (χ2n) is 6.42. The summed E-state index contributed by atoms with van der Waals surface area (Å²) in [4.78, 5) is 20.1. The van der Waals surface area contributed by atoms with Gasteiger partial charge in [0.15, 0.2) is 0 Å². The molecule has 1 saturated heterocycles. The van der Waals surface area contributed by atoms with Crippen LogP contribution < -0.4 is 4.74 Å². The summed E-state index contributed by atoms with van der Waals surface area (Å²) in [6.07, 6.45) is 3.25. The summed E-state index contributed by atoms with van der Waals surface area (Å²) < 4.78 is 5.43. The van der Waals surface area contributed by atoms with Crippen molar-refractivity contribution in [2.75, 3.05) is 39.8 Å². The maximum atomic E-state index is 13.0. The third-order valence-corrected chi connectivity index (χ3v) is 4.55. The highest BCUT2D eigenvalue weighted by atomic mass is 16.5. The fourth-order valence-electron chi connectivity index (χ4n) is 3.31. The summed E-state index contributed by atoms with van der Waals surface area (Å²) in [6.45, 7) is 5.34. The summed E-state index contributed by atoms with van der Waals surface area (Å²) in [5.41, 5.74) is 2.42. The van der Waals surface area contributed by atoms with Crippen molar-refractivity contribution in [1.82, 2.24) is 14.8 Å². The number of piperazine rings is 1. The number of β-amino-alcohol motifs (C(OH)–C–C–N with tert-alkyl or cyclic N) is 1. The maximum absolute atomic E-state index is 13.0. The minimum atomic E-state index is -0.343. The molecule has 0 aliphatic carbocycles. The smallest absolute Gasteiger partial charge is 0.256 e. The van der Waals surface area contributed by atoms with Gasteiger partial charge in [0.1, 0.15) is 5.75 Å². The molecule has 6 nitrogen and oxygen atoms in total. The first kappa shape index (κ1) is 17.5. The van der Waals surface area contributed by atoms with E-state index in [1.807, 2.05) is 35.4 Å². The molecule has 0 saturated carbocycles. The highest BCUT2D eigenvalue weighted by molar-refractivity contribution is 6.01. The van der Waals surface area contributed by atoms with Gasteiger partial charge in [0, 0.05) is 56.2 Å². The van der Waals surface area contributed by atoms with Gasteiger partial charge in [0.2, 0.25) is 0 Å². The Balaban J connectivity index is 1.76. The maximum Gasteiger partial charge on any atom is 0.256 e. The molecule has 2 heterocycles. The van der Waals surface area contributed by atoms with Crippen molar-refractivity contribution in [3.8, 4) is 16.9 Å². The number of aliphatic hydroxyl groups is 1. The van der Waals surface area contributed by atoms with Crippen molar-refractivity contribution in [1.29, 1.82) is 0 Å². The number of hydrogen-bond acceptors (Lipinski definition) is 4. The van der Waals surface area contributed by atoms with E-state index in [4.69, 9.17) is 4.74 Å². The molecule has 1 aliphatic heterocycles. The fraction of sp³-hybridized carbons (Fsp3) is 0.421. The van der Waals surface area contributed by atoms with Crippen LogP contribution in [0.2, 0.25) is 0 Å². The first-order valence-corrected chi connectivity index (χ1v) is 8.60. The van der Waals surface area contributed by atoms with Crippen molar-refractivity contribution in [3.63, 3.8) is 0 Å². The molecule has 1 aliphatic rings. The van der Waals surface area contributed by atoms with E-state index in [9.17, 15) is 9.90 Å². The van der Waals surface area contributed by atoms with Gasteiger partial charge in [0.05, 0.1) is 18.8 Å². The van der Waals surface area contributed by atoms with Gasteiger partial charge in [-0.1, -0.05) is 18.2 Å². The molecule has 0 spiro atoms. The molecule has 2 aromatic rings. The zero-order valence-electron chi connectivity index (χ0n) is 14.7. The van der Waals surface area contributed by atoms with Crippen molar-refractivity contribution in [3.05, 3.63) is 42.2 Å². The Bertz CT molecular complexity index is 718. The van der Waals surface area contributed by atoms with Crippen molar-refractivity contribution < 1.29 is 14.6 Å². The lowest BCUT2D eigenvalue weighted by Crippen LogP contribution is -2.50. The van der Waals surface area contributed by atoms with Crippen LogP contribution in [0.3, 0.4) is 0 Å². The quantitative estimate of drug-likeness (QED) is 0.869. The number of aliphatic hydroxyl groups excluding tert-OH is 1. The molecule has 25 heavy (non-hydrogen) atoms. The van der Waals surface area contributed by atoms with Gasteiger partial charge in [-0.25, -0.2) is 0 Å². The lowest BCUT2D eigenvalue weighted by Gasteiger charge is -2.35. The number of aromatic nitrogens is 1. The summed E-state index contributed by atoms with van der Waals surface area (Å²) in [6, 6.07) is 7.70. The van der Waals surface area contributed by atoms with E-state index < -0.39 is 0 Å². The van der Waals surface area contributed by atoms with Crippen LogP contribution in [0.25, 0.3) is 11.1 Å². The fourth-order valence-corrected chi connectivity index (χ4v) is 3.31. The molecule has 2 N–H and O–H groups in total. The Morgan fingerprint density at radius 1 is 1.20 bits per heavy atom. The Morgan fingerprint density at radius 3 is 2.60 bits per heavy atom. The van der Waals surface area contributed by atoms with Crippen LogP contribution >= 0.6 is 0 Å². The molecular formula is C19H25N3O3. The molecule has 1 aromatic heterocycles. The zero-order valence-corrected chi connectivity index (χ0v) is 14.7. The number of para-hydroxylation sites is 1. The molecule has 6 heteroatoms. The first-order chi connectivity index (χ1) is 12.1. The molecule has 1 aromatic carbocycles. The molecule has 0 bridgehead atoms. The van der Waals surface area contributed by atoms with E-state index in [1.165, 1.54) is 0 Å². The molecule has 134 valence electrons. The van der Waals surface area contributed by atoms with Gasteiger partial charge in [-0.3, -0.25) is 9.69 Å². The topological polar surface area (TPSA) is 68.8 Å². The number of nitrogens with zero attached hydrogens (tertiary/aromatic N) is 2. The second kappa shape index (κ2) is 7.72. The largest absolute Gasteiger partial charge is 0.496 e. The molecule has 3 rings (SSSR count). The molecule has 1 fully saturated rings. The van der Waals surface area contributed by atoms with Gasteiger partial charge in [0.25, 0.3) is 5.91 Å². The number of nitrogens with one attached hydrogen (secondary N) is 1. The van der Waals surface area contributed by atoms with Gasteiger partial charge in [-0.05, 0) is 13.0 Å². The Hall–Kier alpha value is -2.31. The van der Waals surface area contributed by atoms with E-state index in [1.54, 1.807) is 20.2 Å². The lowest BCUT2D eigenvalue weighted by atomic mass is 10.0.